The molecule has 0 aromatic carbocycles. The van der Waals surface area contributed by atoms with Gasteiger partial charge in [-0.25, -0.2) is 4.98 Å². The van der Waals surface area contributed by atoms with Gasteiger partial charge in [0.2, 0.25) is 0 Å². The minimum Gasteiger partial charge on any atom is -0.286 e. The fraction of sp³-hybridized carbons (Fsp3) is 0. The monoisotopic (exact) mass is 223 g/mol. The van der Waals surface area contributed by atoms with Gasteiger partial charge in [0.25, 0.3) is 14.9 Å². The van der Waals surface area contributed by atoms with Crippen molar-refractivity contribution < 1.29 is 23.0 Å². The second-order valence-electron chi connectivity index (χ2n) is 1.82. The maximum atomic E-state index is 10.3. The van der Waals surface area contributed by atoms with Crippen LogP contribution in [0.4, 0.5) is 0 Å². The summed E-state index contributed by atoms with van der Waals surface area (Å²) in [6.07, 6.45) is 1.45. The average molecular weight is 223 g/mol. The van der Waals surface area contributed by atoms with Gasteiger partial charge in [-0.2, -0.15) is 4.21 Å². The first-order valence-electron chi connectivity index (χ1n) is 2.99. The number of nitrogens with zero attached hydrogens (tertiary/aromatic N) is 1. The Bertz CT molecular complexity index is 350. The molecule has 0 saturated carbocycles. The molecular formula is C5H5NO5S2. The molecular weight excluding hydrogens is 218 g/mol. The molecule has 0 bridgehead atoms. The highest BCUT2D eigenvalue weighted by molar-refractivity contribution is 8.26. The lowest BCUT2D eigenvalue weighted by Crippen LogP contribution is -2.06. The SMILES string of the molecule is O=S(O)(=S)OOOc1ccccn1. The summed E-state index contributed by atoms with van der Waals surface area (Å²) in [6, 6.07) is 4.76. The molecule has 1 rings (SSSR count). The van der Waals surface area contributed by atoms with E-state index in [0.717, 1.165) is 0 Å². The molecule has 1 unspecified atom stereocenters. The summed E-state index contributed by atoms with van der Waals surface area (Å²) < 4.78 is 22.5. The Morgan fingerprint density at radius 3 is 2.85 bits per heavy atom. The first-order valence-corrected chi connectivity index (χ1v) is 5.36. The van der Waals surface area contributed by atoms with Crippen molar-refractivity contribution in [1.82, 2.24) is 4.98 Å². The lowest BCUT2D eigenvalue weighted by Gasteiger charge is -1.99. The molecule has 1 aromatic heterocycles. The van der Waals surface area contributed by atoms with Gasteiger partial charge < -0.3 is 0 Å². The van der Waals surface area contributed by atoms with E-state index >= 15 is 0 Å². The van der Waals surface area contributed by atoms with Crippen molar-refractivity contribution in [3.8, 4) is 5.88 Å². The molecule has 0 aliphatic carbocycles. The Hall–Kier alpha value is -0.800. The van der Waals surface area contributed by atoms with Crippen molar-refractivity contribution in [3.63, 3.8) is 0 Å². The first-order chi connectivity index (χ1) is 6.08. The smallest absolute Gasteiger partial charge is 0.286 e. The van der Waals surface area contributed by atoms with E-state index in [1.807, 2.05) is 0 Å². The van der Waals surface area contributed by atoms with E-state index in [0.29, 0.717) is 0 Å². The standard InChI is InChI=1S/C5H5NO5S2/c7-13(8,12)11-10-9-5-3-1-2-4-6-5/h1-4H,(H,7,8,12). The zero-order valence-corrected chi connectivity index (χ0v) is 7.79. The highest BCUT2D eigenvalue weighted by atomic mass is 32.9. The average Bonchev–Trinajstić information content (AvgIpc) is 2.04. The van der Waals surface area contributed by atoms with Crippen LogP contribution in [0.5, 0.6) is 5.88 Å². The highest BCUT2D eigenvalue weighted by Crippen LogP contribution is 2.04. The van der Waals surface area contributed by atoms with Crippen LogP contribution < -0.4 is 4.89 Å². The molecule has 72 valence electrons. The van der Waals surface area contributed by atoms with Crippen LogP contribution in [0, 0.1) is 0 Å². The minimum atomic E-state index is -3.84. The van der Waals surface area contributed by atoms with Crippen molar-refractivity contribution >= 4 is 20.2 Å². The number of pyridine rings is 1. The molecule has 0 aliphatic heterocycles. The van der Waals surface area contributed by atoms with Crippen LogP contribution >= 0.6 is 0 Å². The quantitative estimate of drug-likeness (QED) is 0.586. The number of rotatable bonds is 4. The van der Waals surface area contributed by atoms with Crippen LogP contribution in [0.2, 0.25) is 0 Å². The zero-order chi connectivity index (χ0) is 9.73. The topological polar surface area (TPSA) is 77.9 Å². The summed E-state index contributed by atoms with van der Waals surface area (Å²) in [5.41, 5.74) is 0. The van der Waals surface area contributed by atoms with Gasteiger partial charge in [-0.1, -0.05) is 10.4 Å². The maximum absolute atomic E-state index is 10.3. The van der Waals surface area contributed by atoms with E-state index in [2.05, 4.69) is 30.4 Å². The lowest BCUT2D eigenvalue weighted by atomic mass is 10.5. The van der Waals surface area contributed by atoms with Crippen LogP contribution in [0.15, 0.2) is 24.4 Å². The molecule has 0 radical (unpaired) electrons. The summed E-state index contributed by atoms with van der Waals surface area (Å²) in [7, 11) is -3.84. The Labute approximate surface area is 79.0 Å². The molecule has 0 fully saturated rings. The molecule has 0 amide bonds. The Morgan fingerprint density at radius 2 is 2.31 bits per heavy atom. The number of aromatic nitrogens is 1. The van der Waals surface area contributed by atoms with Crippen molar-refractivity contribution in [3.05, 3.63) is 24.4 Å². The summed E-state index contributed by atoms with van der Waals surface area (Å²) in [4.78, 5) is 8.01. The van der Waals surface area contributed by atoms with Gasteiger partial charge in [0.1, 0.15) is 0 Å². The molecule has 0 saturated heterocycles. The highest BCUT2D eigenvalue weighted by Gasteiger charge is 2.02. The zero-order valence-electron chi connectivity index (χ0n) is 6.15. The number of hydrogen-bond acceptors (Lipinski definition) is 6. The van der Waals surface area contributed by atoms with Crippen LogP contribution in [-0.2, 0) is 29.6 Å². The molecule has 1 heterocycles. The van der Waals surface area contributed by atoms with Crippen molar-refractivity contribution in [2.24, 2.45) is 0 Å². The Kier molecular flexibility index (Phi) is 3.51. The van der Waals surface area contributed by atoms with Crippen LogP contribution in [0.1, 0.15) is 0 Å². The third kappa shape index (κ3) is 4.70. The predicted octanol–water partition coefficient (Wildman–Crippen LogP) is 0.458. The van der Waals surface area contributed by atoms with Gasteiger partial charge in [0.05, 0.1) is 0 Å². The molecule has 0 spiro atoms. The van der Waals surface area contributed by atoms with Crippen LogP contribution in [-0.4, -0.2) is 13.7 Å². The third-order valence-corrected chi connectivity index (χ3v) is 1.27. The fourth-order valence-corrected chi connectivity index (χ4v) is 0.646. The van der Waals surface area contributed by atoms with Gasteiger partial charge in [-0.05, 0) is 6.07 Å². The molecule has 1 N–H and O–H groups in total. The molecule has 8 heteroatoms. The second-order valence-corrected chi connectivity index (χ2v) is 4.07. The van der Waals surface area contributed by atoms with E-state index in [4.69, 9.17) is 4.55 Å². The van der Waals surface area contributed by atoms with E-state index in [1.54, 1.807) is 12.1 Å². The van der Waals surface area contributed by atoms with Crippen molar-refractivity contribution in [1.29, 1.82) is 0 Å². The van der Waals surface area contributed by atoms with Gasteiger partial charge in [-0.15, -0.1) is 0 Å². The molecule has 13 heavy (non-hydrogen) atoms. The summed E-state index contributed by atoms with van der Waals surface area (Å²) in [6.45, 7) is 0. The van der Waals surface area contributed by atoms with E-state index in [1.165, 1.54) is 12.3 Å². The Balaban J connectivity index is 2.37. The van der Waals surface area contributed by atoms with Crippen LogP contribution in [0.25, 0.3) is 0 Å². The first kappa shape index (κ1) is 10.3. The molecule has 1 aromatic rings. The molecule has 6 nitrogen and oxygen atoms in total. The summed E-state index contributed by atoms with van der Waals surface area (Å²) >= 11 is 3.94. The van der Waals surface area contributed by atoms with Gasteiger partial charge >= 0.3 is 0 Å². The van der Waals surface area contributed by atoms with Gasteiger partial charge in [0.15, 0.2) is 0 Å². The van der Waals surface area contributed by atoms with Crippen molar-refractivity contribution in [2.45, 2.75) is 0 Å². The van der Waals surface area contributed by atoms with Crippen LogP contribution in [0.3, 0.4) is 0 Å². The molecule has 1 atom stereocenters. The normalized spacial score (nSPS) is 14.8. The fourth-order valence-electron chi connectivity index (χ4n) is 0.480. The summed E-state index contributed by atoms with van der Waals surface area (Å²) in [5.74, 6) is 0.0844. The lowest BCUT2D eigenvalue weighted by molar-refractivity contribution is -0.411. The van der Waals surface area contributed by atoms with E-state index in [-0.39, 0.29) is 5.88 Å². The van der Waals surface area contributed by atoms with Gasteiger partial charge in [0, 0.05) is 28.5 Å². The third-order valence-electron chi connectivity index (χ3n) is 0.871. The molecule has 0 aliphatic rings. The maximum Gasteiger partial charge on any atom is 0.296 e. The second kappa shape index (κ2) is 4.44. The number of hydrogen-bond donors (Lipinski definition) is 1. The predicted molar refractivity (Wildman–Crippen MR) is 45.2 cm³/mol. The van der Waals surface area contributed by atoms with Gasteiger partial charge in [-0.3, -0.25) is 9.44 Å². The largest absolute Gasteiger partial charge is 0.296 e. The van der Waals surface area contributed by atoms with Crippen molar-refractivity contribution in [2.75, 3.05) is 0 Å². The van der Waals surface area contributed by atoms with E-state index in [9.17, 15) is 4.21 Å². The van der Waals surface area contributed by atoms with E-state index < -0.39 is 9.05 Å². The Morgan fingerprint density at radius 1 is 1.54 bits per heavy atom. The summed E-state index contributed by atoms with van der Waals surface area (Å²) in [5, 5.41) is 3.89. The minimum absolute atomic E-state index is 0.0844.